The minimum absolute atomic E-state index is 0.120. The maximum atomic E-state index is 13.3. The number of ether oxygens (including phenoxy) is 1. The number of alkyl halides is 3. The third kappa shape index (κ3) is 5.41. The highest BCUT2D eigenvalue weighted by Gasteiger charge is 2.33. The van der Waals surface area contributed by atoms with Crippen molar-refractivity contribution in [2.75, 3.05) is 12.4 Å². The third-order valence-corrected chi connectivity index (χ3v) is 5.21. The predicted molar refractivity (Wildman–Crippen MR) is 110 cm³/mol. The van der Waals surface area contributed by atoms with E-state index in [9.17, 15) is 26.6 Å². The number of nitrogens with one attached hydrogen (secondary N) is 1. The van der Waals surface area contributed by atoms with Crippen LogP contribution in [0.5, 0.6) is 11.6 Å². The average Bonchev–Trinajstić information content (AvgIpc) is 2.74. The minimum atomic E-state index is -4.74. The molecule has 0 radical (unpaired) electrons. The number of carbonyl (C=O) groups excluding carboxylic acids is 1. The van der Waals surface area contributed by atoms with Gasteiger partial charge in [0.25, 0.3) is 5.91 Å². The standard InChI is InChI=1S/C21H16F4N3O3S/c1-12-8-14(22)6-7-18(12)31-20-17(9-13(11-27-20)21(23,24)25)19(29)28-15-4-3-5-16(10-15)32(30)26-2/h3-11H,1-2H3,(H,28,29)/q-1. The van der Waals surface area contributed by atoms with Gasteiger partial charge < -0.3 is 18.6 Å². The Balaban J connectivity index is 2.00. The molecule has 3 rings (SSSR count). The van der Waals surface area contributed by atoms with E-state index in [1.807, 2.05) is 0 Å². The fraction of sp³-hybridized carbons (Fsp3) is 0.143. The van der Waals surface area contributed by atoms with Crippen LogP contribution < -0.4 is 10.1 Å². The summed E-state index contributed by atoms with van der Waals surface area (Å²) >= 11 is 0. The smallest absolute Gasteiger partial charge is 0.417 e. The van der Waals surface area contributed by atoms with Crippen LogP contribution in [0, 0.1) is 12.7 Å². The van der Waals surface area contributed by atoms with E-state index in [1.54, 1.807) is 0 Å². The van der Waals surface area contributed by atoms with Crippen LogP contribution in [0.15, 0.2) is 64.0 Å². The maximum Gasteiger partial charge on any atom is 0.417 e. The quantitative estimate of drug-likeness (QED) is 0.385. The normalized spacial score (nSPS) is 12.4. The van der Waals surface area contributed by atoms with Crippen molar-refractivity contribution >= 4 is 22.2 Å². The van der Waals surface area contributed by atoms with Gasteiger partial charge in [0.1, 0.15) is 17.1 Å². The molecule has 0 bridgehead atoms. The molecule has 6 nitrogen and oxygen atoms in total. The number of nitrogens with zero attached hydrogens (tertiary/aromatic N) is 2. The average molecular weight is 466 g/mol. The van der Waals surface area contributed by atoms with Gasteiger partial charge in [0.05, 0.1) is 5.56 Å². The molecule has 0 atom stereocenters. The number of hydrogen-bond acceptors (Lipinski definition) is 6. The van der Waals surface area contributed by atoms with Crippen molar-refractivity contribution in [3.05, 3.63) is 77.2 Å². The molecule has 11 heteroatoms. The van der Waals surface area contributed by atoms with E-state index in [2.05, 4.69) is 14.7 Å². The van der Waals surface area contributed by atoms with Crippen molar-refractivity contribution in [1.82, 2.24) is 4.98 Å². The number of hydrogen-bond donors (Lipinski definition) is 1. The Morgan fingerprint density at radius 1 is 1.16 bits per heavy atom. The van der Waals surface area contributed by atoms with E-state index in [0.29, 0.717) is 22.7 Å². The van der Waals surface area contributed by atoms with Crippen LogP contribution in [-0.2, 0) is 21.0 Å². The number of rotatable bonds is 5. The first-order valence-electron chi connectivity index (χ1n) is 9.03. The van der Waals surface area contributed by atoms with Crippen LogP contribution in [0.3, 0.4) is 0 Å². The first kappa shape index (κ1) is 23.2. The van der Waals surface area contributed by atoms with Crippen molar-refractivity contribution in [1.29, 1.82) is 0 Å². The van der Waals surface area contributed by atoms with Gasteiger partial charge in [-0.1, -0.05) is 23.1 Å². The van der Waals surface area contributed by atoms with Gasteiger partial charge >= 0.3 is 6.18 Å². The van der Waals surface area contributed by atoms with Crippen molar-refractivity contribution in [2.24, 2.45) is 4.36 Å². The van der Waals surface area contributed by atoms with Crippen molar-refractivity contribution in [3.63, 3.8) is 0 Å². The van der Waals surface area contributed by atoms with Crippen molar-refractivity contribution < 1.29 is 31.3 Å². The third-order valence-electron chi connectivity index (χ3n) is 4.23. The molecule has 0 fully saturated rings. The van der Waals surface area contributed by atoms with Crippen LogP contribution >= 0.6 is 0 Å². The molecule has 1 aromatic heterocycles. The van der Waals surface area contributed by atoms with Gasteiger partial charge in [-0.3, -0.25) is 4.79 Å². The molecular formula is C21H16F4N3O3S-. The summed E-state index contributed by atoms with van der Waals surface area (Å²) in [6.07, 6.45) is -4.21. The van der Waals surface area contributed by atoms with E-state index in [-0.39, 0.29) is 11.4 Å². The number of aromatic nitrogens is 1. The SMILES string of the molecule is CN=[S-](=O)c1cccc(NC(=O)c2cc(C(F)(F)F)cnc2Oc2ccc(F)cc2C)c1. The van der Waals surface area contributed by atoms with E-state index >= 15 is 0 Å². The summed E-state index contributed by atoms with van der Waals surface area (Å²) in [6, 6.07) is 10.1. The number of halogens is 4. The number of benzene rings is 2. The van der Waals surface area contributed by atoms with E-state index < -0.39 is 45.5 Å². The lowest BCUT2D eigenvalue weighted by molar-refractivity contribution is -0.137. The molecule has 32 heavy (non-hydrogen) atoms. The fourth-order valence-corrected chi connectivity index (χ4v) is 3.30. The summed E-state index contributed by atoms with van der Waals surface area (Å²) in [5, 5.41) is 2.44. The summed E-state index contributed by atoms with van der Waals surface area (Å²) < 4.78 is 74.0. The number of carbonyl (C=O) groups is 1. The predicted octanol–water partition coefficient (Wildman–Crippen LogP) is 5.73. The summed E-state index contributed by atoms with van der Waals surface area (Å²) in [5.74, 6) is -1.73. The first-order valence-corrected chi connectivity index (χ1v) is 10.1. The zero-order valence-corrected chi connectivity index (χ0v) is 17.6. The molecule has 1 N–H and O–H groups in total. The first-order chi connectivity index (χ1) is 15.1. The van der Waals surface area contributed by atoms with Crippen LogP contribution in [-0.4, -0.2) is 17.9 Å². The Morgan fingerprint density at radius 2 is 1.91 bits per heavy atom. The number of aryl methyl sites for hydroxylation is 1. The molecule has 3 aromatic rings. The number of pyridine rings is 1. The second kappa shape index (κ2) is 9.35. The van der Waals surface area contributed by atoms with Crippen molar-refractivity contribution in [3.8, 4) is 11.6 Å². The van der Waals surface area contributed by atoms with E-state index in [4.69, 9.17) is 4.74 Å². The minimum Gasteiger partial charge on any atom is -0.440 e. The Bertz CT molecular complexity index is 1260. The van der Waals surface area contributed by atoms with Gasteiger partial charge in [0.2, 0.25) is 5.88 Å². The van der Waals surface area contributed by atoms with Gasteiger partial charge in [-0.25, -0.2) is 9.37 Å². The molecule has 168 valence electrons. The second-order valence-corrected chi connectivity index (χ2v) is 7.83. The molecule has 1 heterocycles. The molecule has 0 saturated heterocycles. The molecule has 1 amide bonds. The number of anilines is 1. The highest BCUT2D eigenvalue weighted by atomic mass is 32.2. The van der Waals surface area contributed by atoms with Crippen LogP contribution in [0.4, 0.5) is 23.2 Å². The van der Waals surface area contributed by atoms with Gasteiger partial charge in [0, 0.05) is 18.9 Å². The summed E-state index contributed by atoms with van der Waals surface area (Å²) in [4.78, 5) is 16.8. The number of amides is 1. The molecular weight excluding hydrogens is 450 g/mol. The zero-order chi connectivity index (χ0) is 23.5. The van der Waals surface area contributed by atoms with E-state index in [1.165, 1.54) is 50.4 Å². The second-order valence-electron chi connectivity index (χ2n) is 6.50. The Hall–Kier alpha value is -3.47. The molecule has 2 aromatic carbocycles. The Morgan fingerprint density at radius 3 is 2.56 bits per heavy atom. The molecule has 0 aliphatic rings. The highest BCUT2D eigenvalue weighted by Crippen LogP contribution is 2.33. The summed E-state index contributed by atoms with van der Waals surface area (Å²) in [6.45, 7) is 1.53. The lowest BCUT2D eigenvalue weighted by atomic mass is 10.1. The fourth-order valence-electron chi connectivity index (χ4n) is 2.67. The van der Waals surface area contributed by atoms with E-state index in [0.717, 1.165) is 6.07 Å². The topological polar surface area (TPSA) is 80.7 Å². The lowest BCUT2D eigenvalue weighted by Gasteiger charge is -2.15. The Labute approximate surface area is 182 Å². The van der Waals surface area contributed by atoms with Gasteiger partial charge in [-0.2, -0.15) is 23.8 Å². The monoisotopic (exact) mass is 466 g/mol. The highest BCUT2D eigenvalue weighted by molar-refractivity contribution is 7.74. The molecule has 0 saturated carbocycles. The maximum absolute atomic E-state index is 13.3. The molecule has 0 spiro atoms. The lowest BCUT2D eigenvalue weighted by Crippen LogP contribution is -2.16. The zero-order valence-electron chi connectivity index (χ0n) is 16.7. The van der Waals surface area contributed by atoms with Crippen LogP contribution in [0.2, 0.25) is 0 Å². The summed E-state index contributed by atoms with van der Waals surface area (Å²) in [7, 11) is -0.296. The molecule has 0 unspecified atom stereocenters. The Kier molecular flexibility index (Phi) is 6.78. The summed E-state index contributed by atoms with van der Waals surface area (Å²) in [5.41, 5.74) is -1.09. The largest absolute Gasteiger partial charge is 0.440 e. The molecule has 0 aliphatic carbocycles. The van der Waals surface area contributed by atoms with Crippen molar-refractivity contribution in [2.45, 2.75) is 18.0 Å². The van der Waals surface area contributed by atoms with Crippen LogP contribution in [0.1, 0.15) is 21.5 Å². The van der Waals surface area contributed by atoms with Crippen LogP contribution in [0.25, 0.3) is 0 Å². The van der Waals surface area contributed by atoms with Gasteiger partial charge in [-0.05, 0) is 42.8 Å². The van der Waals surface area contributed by atoms with Gasteiger partial charge in [-0.15, -0.1) is 0 Å². The molecule has 0 aliphatic heterocycles. The van der Waals surface area contributed by atoms with Gasteiger partial charge in [0.15, 0.2) is 0 Å².